The molecule has 4 heterocycles. The van der Waals surface area contributed by atoms with Crippen LogP contribution in [0.3, 0.4) is 0 Å². The predicted molar refractivity (Wildman–Crippen MR) is 108 cm³/mol. The summed E-state index contributed by atoms with van der Waals surface area (Å²) >= 11 is 0. The van der Waals surface area contributed by atoms with E-state index in [2.05, 4.69) is 15.1 Å². The second-order valence-electron chi connectivity index (χ2n) is 7.45. The zero-order valence-corrected chi connectivity index (χ0v) is 16.9. The lowest BCUT2D eigenvalue weighted by Gasteiger charge is -2.36. The van der Waals surface area contributed by atoms with E-state index < -0.39 is 0 Å². The molecule has 29 heavy (non-hydrogen) atoms. The Morgan fingerprint density at radius 1 is 1.28 bits per heavy atom. The Morgan fingerprint density at radius 2 is 2.14 bits per heavy atom. The Balaban J connectivity index is 1.79. The number of aryl methyl sites for hydroxylation is 1. The minimum absolute atomic E-state index is 0.0347. The van der Waals surface area contributed by atoms with Crippen molar-refractivity contribution in [2.75, 3.05) is 25.5 Å². The Labute approximate surface area is 169 Å². The summed E-state index contributed by atoms with van der Waals surface area (Å²) in [6.45, 7) is 2.55. The number of hydrogen-bond acceptors (Lipinski definition) is 7. The average molecular weight is 392 g/mol. The summed E-state index contributed by atoms with van der Waals surface area (Å²) in [5.74, 6) is 1.18. The van der Waals surface area contributed by atoms with Gasteiger partial charge in [0.15, 0.2) is 5.76 Å². The second kappa shape index (κ2) is 7.98. The van der Waals surface area contributed by atoms with Crippen LogP contribution in [-0.4, -0.2) is 51.6 Å². The number of likely N-dealkylation sites (tertiary alicyclic amines) is 1. The van der Waals surface area contributed by atoms with Gasteiger partial charge in [0.25, 0.3) is 5.91 Å². The standard InChI is InChI=1S/C21H24N6O2/c1-14-11-18(29-25-14)16-13-23-21(26(2)3)24-19(16)17-8-4-5-10-27(17)20(28)15-7-6-9-22-12-15/h6-7,9,11-13,17H,4-5,8,10H2,1-3H3/t17-/m0/s1. The molecule has 0 N–H and O–H groups in total. The van der Waals surface area contributed by atoms with Crippen LogP contribution >= 0.6 is 0 Å². The number of rotatable bonds is 4. The van der Waals surface area contributed by atoms with Gasteiger partial charge in [-0.25, -0.2) is 9.97 Å². The molecule has 3 aromatic rings. The second-order valence-corrected chi connectivity index (χ2v) is 7.45. The molecule has 150 valence electrons. The van der Waals surface area contributed by atoms with E-state index in [1.54, 1.807) is 30.7 Å². The van der Waals surface area contributed by atoms with Crippen molar-refractivity contribution >= 4 is 11.9 Å². The number of anilines is 1. The van der Waals surface area contributed by atoms with E-state index in [-0.39, 0.29) is 11.9 Å². The van der Waals surface area contributed by atoms with Crippen molar-refractivity contribution < 1.29 is 9.32 Å². The molecule has 0 spiro atoms. The first kappa shape index (κ1) is 19.0. The highest BCUT2D eigenvalue weighted by Crippen LogP contribution is 2.37. The van der Waals surface area contributed by atoms with Crippen molar-refractivity contribution in [1.82, 2.24) is 25.0 Å². The molecule has 1 atom stereocenters. The van der Waals surface area contributed by atoms with Crippen LogP contribution in [0.5, 0.6) is 0 Å². The van der Waals surface area contributed by atoms with Crippen LogP contribution in [0.4, 0.5) is 5.95 Å². The zero-order chi connectivity index (χ0) is 20.4. The molecule has 0 radical (unpaired) electrons. The third kappa shape index (κ3) is 3.83. The van der Waals surface area contributed by atoms with Crippen LogP contribution < -0.4 is 4.90 Å². The maximum absolute atomic E-state index is 13.3. The molecule has 1 amide bonds. The summed E-state index contributed by atoms with van der Waals surface area (Å²) in [5.41, 5.74) is 2.93. The van der Waals surface area contributed by atoms with Gasteiger partial charge in [-0.3, -0.25) is 9.78 Å². The van der Waals surface area contributed by atoms with E-state index in [9.17, 15) is 4.79 Å². The van der Waals surface area contributed by atoms with E-state index in [4.69, 9.17) is 9.51 Å². The maximum atomic E-state index is 13.3. The molecular formula is C21H24N6O2. The van der Waals surface area contributed by atoms with Gasteiger partial charge in [0.1, 0.15) is 0 Å². The average Bonchev–Trinajstić information content (AvgIpc) is 3.19. The lowest BCUT2D eigenvalue weighted by molar-refractivity contribution is 0.0606. The number of amides is 1. The topological polar surface area (TPSA) is 88.3 Å². The van der Waals surface area contributed by atoms with Crippen molar-refractivity contribution in [3.63, 3.8) is 0 Å². The van der Waals surface area contributed by atoms with Crippen molar-refractivity contribution in [1.29, 1.82) is 0 Å². The molecule has 1 saturated heterocycles. The minimum atomic E-state index is -0.168. The van der Waals surface area contributed by atoms with Gasteiger partial charge in [0.05, 0.1) is 28.6 Å². The number of aromatic nitrogens is 4. The first-order valence-corrected chi connectivity index (χ1v) is 9.73. The van der Waals surface area contributed by atoms with Gasteiger partial charge in [-0.1, -0.05) is 5.16 Å². The van der Waals surface area contributed by atoms with Gasteiger partial charge in [-0.05, 0) is 38.3 Å². The summed E-state index contributed by atoms with van der Waals surface area (Å²) in [6.07, 6.45) is 7.86. The number of carbonyl (C=O) groups excluding carboxylic acids is 1. The van der Waals surface area contributed by atoms with Crippen molar-refractivity contribution in [3.05, 3.63) is 53.7 Å². The highest BCUT2D eigenvalue weighted by Gasteiger charge is 2.33. The molecule has 1 aliphatic rings. The lowest BCUT2D eigenvalue weighted by atomic mass is 9.95. The summed E-state index contributed by atoms with van der Waals surface area (Å²) in [4.78, 5) is 30.4. The fourth-order valence-corrected chi connectivity index (χ4v) is 3.65. The van der Waals surface area contributed by atoms with E-state index in [0.717, 1.165) is 36.2 Å². The molecule has 0 saturated carbocycles. The Kier molecular flexibility index (Phi) is 5.24. The monoisotopic (exact) mass is 392 g/mol. The van der Waals surface area contributed by atoms with E-state index >= 15 is 0 Å². The van der Waals surface area contributed by atoms with Gasteiger partial charge in [0.2, 0.25) is 5.95 Å². The van der Waals surface area contributed by atoms with E-state index in [1.165, 1.54) is 0 Å². The van der Waals surface area contributed by atoms with Crippen LogP contribution in [0.2, 0.25) is 0 Å². The SMILES string of the molecule is Cc1cc(-c2cnc(N(C)C)nc2[C@@H]2CCCCN2C(=O)c2cccnc2)on1. The molecule has 0 aromatic carbocycles. The fraction of sp³-hybridized carbons (Fsp3) is 0.381. The highest BCUT2D eigenvalue weighted by molar-refractivity contribution is 5.94. The molecule has 1 fully saturated rings. The predicted octanol–water partition coefficient (Wildman–Crippen LogP) is 3.27. The largest absolute Gasteiger partial charge is 0.356 e. The molecule has 8 nitrogen and oxygen atoms in total. The summed E-state index contributed by atoms with van der Waals surface area (Å²) in [6, 6.07) is 5.28. The normalized spacial score (nSPS) is 16.7. The van der Waals surface area contributed by atoms with Crippen LogP contribution in [0, 0.1) is 6.92 Å². The van der Waals surface area contributed by atoms with Gasteiger partial charge >= 0.3 is 0 Å². The molecule has 4 rings (SSSR count). The first-order chi connectivity index (χ1) is 14.0. The molecule has 0 aliphatic carbocycles. The van der Waals surface area contributed by atoms with Crippen molar-refractivity contribution in [2.45, 2.75) is 32.2 Å². The molecule has 0 unspecified atom stereocenters. The van der Waals surface area contributed by atoms with Crippen LogP contribution in [0.1, 0.15) is 47.1 Å². The minimum Gasteiger partial charge on any atom is -0.356 e. The van der Waals surface area contributed by atoms with Crippen molar-refractivity contribution in [2.24, 2.45) is 0 Å². The maximum Gasteiger partial charge on any atom is 0.255 e. The molecule has 3 aromatic heterocycles. The molecular weight excluding hydrogens is 368 g/mol. The summed E-state index contributed by atoms with van der Waals surface area (Å²) in [7, 11) is 3.80. The van der Waals surface area contributed by atoms with Gasteiger partial charge in [-0.2, -0.15) is 0 Å². The fourth-order valence-electron chi connectivity index (χ4n) is 3.65. The number of piperidine rings is 1. The van der Waals surface area contributed by atoms with Crippen LogP contribution in [-0.2, 0) is 0 Å². The molecule has 0 bridgehead atoms. The molecule has 1 aliphatic heterocycles. The Hall–Kier alpha value is -3.29. The number of hydrogen-bond donors (Lipinski definition) is 0. The van der Waals surface area contributed by atoms with Gasteiger partial charge < -0.3 is 14.3 Å². The lowest BCUT2D eigenvalue weighted by Crippen LogP contribution is -2.39. The van der Waals surface area contributed by atoms with Crippen LogP contribution in [0.15, 0.2) is 41.3 Å². The number of nitrogens with zero attached hydrogens (tertiary/aromatic N) is 6. The Morgan fingerprint density at radius 3 is 2.83 bits per heavy atom. The number of pyridine rings is 1. The molecule has 8 heteroatoms. The van der Waals surface area contributed by atoms with Crippen LogP contribution in [0.25, 0.3) is 11.3 Å². The van der Waals surface area contributed by atoms with E-state index in [0.29, 0.717) is 23.8 Å². The van der Waals surface area contributed by atoms with Gasteiger partial charge in [-0.15, -0.1) is 0 Å². The quantitative estimate of drug-likeness (QED) is 0.673. The summed E-state index contributed by atoms with van der Waals surface area (Å²) in [5, 5.41) is 4.01. The third-order valence-corrected chi connectivity index (χ3v) is 5.09. The third-order valence-electron chi connectivity index (χ3n) is 5.09. The first-order valence-electron chi connectivity index (χ1n) is 9.73. The smallest absolute Gasteiger partial charge is 0.255 e. The zero-order valence-electron chi connectivity index (χ0n) is 16.9. The highest BCUT2D eigenvalue weighted by atomic mass is 16.5. The van der Waals surface area contributed by atoms with Gasteiger partial charge in [0, 0.05) is 45.3 Å². The van der Waals surface area contributed by atoms with Crippen molar-refractivity contribution in [3.8, 4) is 11.3 Å². The Bertz CT molecular complexity index is 1000. The number of carbonyl (C=O) groups is 1. The van der Waals surface area contributed by atoms with E-state index in [1.807, 2.05) is 36.9 Å². The summed E-state index contributed by atoms with van der Waals surface area (Å²) < 4.78 is 5.51.